The smallest absolute Gasteiger partial charge is 0.164 e. The molecule has 22 aromatic carbocycles. The Balaban J connectivity index is 0.000000138. The van der Waals surface area contributed by atoms with Crippen molar-refractivity contribution in [2.75, 3.05) is 9.80 Å². The molecule has 8 nitrogen and oxygen atoms in total. The average Bonchev–Trinajstić information content (AvgIpc) is 1.59. The van der Waals surface area contributed by atoms with E-state index in [1.807, 2.05) is 36.4 Å². The van der Waals surface area contributed by atoms with Crippen molar-refractivity contribution in [3.05, 3.63) is 461 Å². The zero-order valence-corrected chi connectivity index (χ0v) is 69.0. The average molecular weight is 1620 g/mol. The predicted molar refractivity (Wildman–Crippen MR) is 533 cm³/mol. The normalized spacial score (nSPS) is 11.8. The Morgan fingerprint density at radius 2 is 0.457 bits per heavy atom. The number of para-hydroxylation sites is 8. The number of aromatic nitrogens is 6. The molecule has 592 valence electrons. The lowest BCUT2D eigenvalue weighted by atomic mass is 9.88. The fraction of sp³-hybridized carbons (Fsp3) is 0. The molecule has 0 saturated heterocycles. The van der Waals surface area contributed by atoms with Crippen LogP contribution in [0.4, 0.5) is 34.1 Å². The molecule has 26 rings (SSSR count). The highest BCUT2D eigenvalue weighted by atomic mass is 15.1. The molecule has 0 radical (unpaired) electrons. The summed E-state index contributed by atoms with van der Waals surface area (Å²) < 4.78 is 7.30. The summed E-state index contributed by atoms with van der Waals surface area (Å²) in [6.07, 6.45) is 0. The van der Waals surface area contributed by atoms with Crippen molar-refractivity contribution in [1.29, 1.82) is 0 Å². The second kappa shape index (κ2) is 29.9. The molecular formula is C119H76N8. The number of fused-ring (bicyclic) bond motifs is 11. The van der Waals surface area contributed by atoms with Gasteiger partial charge in [0.15, 0.2) is 17.5 Å². The number of nitrogens with zero attached hydrogens (tertiary/aromatic N) is 8. The molecule has 0 spiro atoms. The van der Waals surface area contributed by atoms with Gasteiger partial charge in [-0.05, 0) is 226 Å². The largest absolute Gasteiger partial charge is 0.311 e. The highest BCUT2D eigenvalue weighted by molar-refractivity contribution is 6.36. The second-order valence-corrected chi connectivity index (χ2v) is 32.9. The Morgan fingerprint density at radius 3 is 0.874 bits per heavy atom. The Morgan fingerprint density at radius 1 is 0.157 bits per heavy atom. The molecule has 0 atom stereocenters. The Hall–Kier alpha value is -17.1. The third-order valence-electron chi connectivity index (χ3n) is 25.8. The molecule has 0 N–H and O–H groups in total. The van der Waals surface area contributed by atoms with Crippen molar-refractivity contribution in [2.45, 2.75) is 0 Å². The van der Waals surface area contributed by atoms with Crippen LogP contribution >= 0.6 is 0 Å². The van der Waals surface area contributed by atoms with Crippen LogP contribution in [0.1, 0.15) is 0 Å². The molecule has 26 aromatic rings. The van der Waals surface area contributed by atoms with Crippen LogP contribution < -0.4 is 9.80 Å². The van der Waals surface area contributed by atoms with Gasteiger partial charge in [-0.1, -0.05) is 322 Å². The lowest BCUT2D eigenvalue weighted by Gasteiger charge is -2.25. The zero-order chi connectivity index (χ0) is 83.6. The maximum atomic E-state index is 5.11. The van der Waals surface area contributed by atoms with Gasteiger partial charge in [0, 0.05) is 100 Å². The van der Waals surface area contributed by atoms with E-state index in [2.05, 4.69) is 448 Å². The number of hydrogen-bond donors (Lipinski definition) is 0. The van der Waals surface area contributed by atoms with Crippen molar-refractivity contribution in [3.8, 4) is 73.5 Å². The second-order valence-electron chi connectivity index (χ2n) is 32.9. The molecule has 0 aliphatic heterocycles. The van der Waals surface area contributed by atoms with E-state index >= 15 is 0 Å². The number of anilines is 6. The van der Waals surface area contributed by atoms with Gasteiger partial charge in [0.25, 0.3) is 0 Å². The van der Waals surface area contributed by atoms with Crippen LogP contribution in [-0.2, 0) is 0 Å². The van der Waals surface area contributed by atoms with Crippen LogP contribution in [0.15, 0.2) is 461 Å². The van der Waals surface area contributed by atoms with E-state index in [-0.39, 0.29) is 0 Å². The van der Waals surface area contributed by atoms with Crippen molar-refractivity contribution in [3.63, 3.8) is 0 Å². The van der Waals surface area contributed by atoms with E-state index < -0.39 is 0 Å². The van der Waals surface area contributed by atoms with Crippen LogP contribution in [0, 0.1) is 0 Å². The van der Waals surface area contributed by atoms with E-state index in [1.165, 1.54) is 141 Å². The van der Waals surface area contributed by atoms with Gasteiger partial charge in [0.1, 0.15) is 0 Å². The van der Waals surface area contributed by atoms with E-state index in [0.717, 1.165) is 78.9 Å². The maximum absolute atomic E-state index is 5.11. The molecule has 0 fully saturated rings. The summed E-state index contributed by atoms with van der Waals surface area (Å²) in [7, 11) is 0. The summed E-state index contributed by atoms with van der Waals surface area (Å²) in [5, 5.41) is 22.6. The highest BCUT2D eigenvalue weighted by Gasteiger charge is 2.26. The van der Waals surface area contributed by atoms with Gasteiger partial charge in [-0.15, -0.1) is 0 Å². The Bertz CT molecular complexity index is 8510. The van der Waals surface area contributed by atoms with Gasteiger partial charge in [-0.2, -0.15) is 0 Å². The van der Waals surface area contributed by atoms with Gasteiger partial charge in [0.2, 0.25) is 0 Å². The van der Waals surface area contributed by atoms with Gasteiger partial charge < -0.3 is 23.5 Å². The SMILES string of the molecule is c1ccc(-c2nc(-c3ccccc3)nc(-c3ccc4c5c6ccc7ccc(-c8ccc(N(c9ccccc9)c9ccccc9)cc8)c8ccc(cc5n(-c5ccccc5)c4c3)c6c78)n2)cc1.c1ccc(N(c2ccccc2)c2ccc(-c3ccc4ccc5c6c(ccc3c46)cc3c5c4ccc(-n5c6ccccc6c6ccccc65)cc4n3-c3ccccc3)cc2)cc1. The van der Waals surface area contributed by atoms with Crippen LogP contribution in [0.5, 0.6) is 0 Å². The Labute approximate surface area is 732 Å². The summed E-state index contributed by atoms with van der Waals surface area (Å²) in [4.78, 5) is 19.8. The summed E-state index contributed by atoms with van der Waals surface area (Å²) >= 11 is 0. The first-order valence-electron chi connectivity index (χ1n) is 43.4. The molecule has 4 heterocycles. The van der Waals surface area contributed by atoms with Gasteiger partial charge in [-0.25, -0.2) is 15.0 Å². The predicted octanol–water partition coefficient (Wildman–Crippen LogP) is 31.9. The third-order valence-corrected chi connectivity index (χ3v) is 25.8. The van der Waals surface area contributed by atoms with E-state index in [1.54, 1.807) is 0 Å². The molecule has 127 heavy (non-hydrogen) atoms. The van der Waals surface area contributed by atoms with Gasteiger partial charge >= 0.3 is 0 Å². The van der Waals surface area contributed by atoms with Crippen LogP contribution in [0.25, 0.3) is 204 Å². The van der Waals surface area contributed by atoms with E-state index in [9.17, 15) is 0 Å². The minimum Gasteiger partial charge on any atom is -0.311 e. The molecular weight excluding hydrogens is 1540 g/mol. The van der Waals surface area contributed by atoms with Crippen molar-refractivity contribution >= 4 is 164 Å². The van der Waals surface area contributed by atoms with Gasteiger partial charge in [-0.3, -0.25) is 0 Å². The maximum Gasteiger partial charge on any atom is 0.164 e. The molecule has 0 unspecified atom stereocenters. The quantitative estimate of drug-likeness (QED) is 0.102. The summed E-state index contributed by atoms with van der Waals surface area (Å²) in [6.45, 7) is 0. The van der Waals surface area contributed by atoms with Crippen LogP contribution in [0.3, 0.4) is 0 Å². The molecule has 4 aromatic heterocycles. The molecule has 0 aliphatic rings. The van der Waals surface area contributed by atoms with Crippen molar-refractivity contribution < 1.29 is 0 Å². The highest BCUT2D eigenvalue weighted by Crippen LogP contribution is 2.50. The molecule has 8 heteroatoms. The minimum absolute atomic E-state index is 0.630. The first-order chi connectivity index (χ1) is 63.0. The Kier molecular flexibility index (Phi) is 17.1. The third kappa shape index (κ3) is 12.1. The topological polar surface area (TPSA) is 59.9 Å². The fourth-order valence-corrected chi connectivity index (χ4v) is 20.2. The van der Waals surface area contributed by atoms with Gasteiger partial charge in [0.05, 0.1) is 33.1 Å². The zero-order valence-electron chi connectivity index (χ0n) is 69.0. The fourth-order valence-electron chi connectivity index (χ4n) is 20.2. The standard InChI is InChI=1S/C61H39N5.C58H37N3/c1-6-16-42(17-7-1)59-62-60(43-18-8-2-9-19-43)64-61(63-59)45-31-36-52-54(39-45)66(48-24-14-5-15-25-48)55-38-44-30-35-51-50(34-28-41-29-37-53(58(52)55)57(44)56(41)51)40-26-32-49(33-27-40)65(46-20-10-3-11-21-46)47-22-12-4-13-23-47;1-4-14-41(15-5-1)59(42-16-6-2-7-17-42)44-29-24-38(25-30-44)46-32-26-39-27-34-51-57-40(28-33-49(46)56(39)57)36-55-58(51)50-35-31-45(37-54(50)60(55)43-18-8-3-9-19-43)61-52-22-12-10-20-47(52)48-21-11-13-23-53(48)61/h1-39H;1-37H. The van der Waals surface area contributed by atoms with E-state index in [4.69, 9.17) is 15.0 Å². The molecule has 0 aliphatic carbocycles. The van der Waals surface area contributed by atoms with Crippen LogP contribution in [-0.4, -0.2) is 28.7 Å². The molecule has 0 saturated carbocycles. The number of rotatable bonds is 14. The summed E-state index contributed by atoms with van der Waals surface area (Å²) in [6, 6.07) is 166. The van der Waals surface area contributed by atoms with Crippen LogP contribution in [0.2, 0.25) is 0 Å². The summed E-state index contributed by atoms with van der Waals surface area (Å²) in [5.74, 6) is 1.91. The first kappa shape index (κ1) is 72.7. The molecule has 0 bridgehead atoms. The number of hydrogen-bond acceptors (Lipinski definition) is 5. The van der Waals surface area contributed by atoms with Crippen molar-refractivity contribution in [1.82, 2.24) is 28.7 Å². The van der Waals surface area contributed by atoms with Crippen molar-refractivity contribution in [2.24, 2.45) is 0 Å². The summed E-state index contributed by atoms with van der Waals surface area (Å²) in [5.41, 5.74) is 24.9. The molecule has 0 amide bonds. The number of benzene rings is 22. The minimum atomic E-state index is 0.630. The van der Waals surface area contributed by atoms with E-state index in [0.29, 0.717) is 17.5 Å². The lowest BCUT2D eigenvalue weighted by Crippen LogP contribution is -2.09. The first-order valence-corrected chi connectivity index (χ1v) is 43.4. The lowest BCUT2D eigenvalue weighted by molar-refractivity contribution is 1.07. The monoisotopic (exact) mass is 1620 g/mol.